The molecule has 2 aromatic carbocycles. The highest BCUT2D eigenvalue weighted by Gasteiger charge is 2.72. The van der Waals surface area contributed by atoms with Crippen molar-refractivity contribution in [1.82, 2.24) is 0 Å². The zero-order valence-corrected chi connectivity index (χ0v) is 17.6. The molecule has 162 valence electrons. The summed E-state index contributed by atoms with van der Waals surface area (Å²) in [6.07, 6.45) is 0.953. The highest BCUT2D eigenvalue weighted by molar-refractivity contribution is 6.23. The summed E-state index contributed by atoms with van der Waals surface area (Å²) < 4.78 is 20.2. The van der Waals surface area contributed by atoms with Crippen LogP contribution in [0.25, 0.3) is 0 Å². The number of ether oxygens (including phenoxy) is 1. The van der Waals surface area contributed by atoms with Crippen molar-refractivity contribution in [1.29, 1.82) is 0 Å². The topological polar surface area (TPSA) is 80.3 Å². The normalized spacial score (nSPS) is 27.5. The number of imide groups is 1. The van der Waals surface area contributed by atoms with Crippen LogP contribution in [0.4, 0.5) is 10.1 Å². The predicted molar refractivity (Wildman–Crippen MR) is 111 cm³/mol. The molecule has 0 radical (unpaired) electrons. The van der Waals surface area contributed by atoms with Crippen molar-refractivity contribution >= 4 is 23.5 Å². The highest BCUT2D eigenvalue weighted by atomic mass is 19.1. The molecule has 0 spiro atoms. The van der Waals surface area contributed by atoms with E-state index >= 15 is 0 Å². The molecule has 0 aromatic heterocycles. The molecule has 7 heteroatoms. The second kappa shape index (κ2) is 8.23. The lowest BCUT2D eigenvalue weighted by atomic mass is 9.77. The molecule has 2 aliphatic heterocycles. The Hall–Kier alpha value is -3.06. The maximum absolute atomic E-state index is 14.8. The number of esters is 1. The molecule has 0 bridgehead atoms. The van der Waals surface area contributed by atoms with Crippen molar-refractivity contribution < 1.29 is 28.8 Å². The largest absolute Gasteiger partial charge is 0.461 e. The molecule has 0 unspecified atom stereocenters. The average molecular weight is 425 g/mol. The Bertz CT molecular complexity index is 1010. The van der Waals surface area contributed by atoms with Gasteiger partial charge in [-0.2, -0.15) is 0 Å². The van der Waals surface area contributed by atoms with Gasteiger partial charge in [-0.1, -0.05) is 43.3 Å². The number of quaternary nitrogens is 1. The first-order chi connectivity index (χ1) is 15.0. The van der Waals surface area contributed by atoms with Gasteiger partial charge in [-0.15, -0.1) is 0 Å². The lowest BCUT2D eigenvalue weighted by molar-refractivity contribution is -0.735. The van der Waals surface area contributed by atoms with Crippen molar-refractivity contribution in [2.45, 2.75) is 38.3 Å². The number of nitrogens with two attached hydrogens (primary N) is 1. The minimum Gasteiger partial charge on any atom is -0.461 e. The first-order valence-electron chi connectivity index (χ1n) is 10.7. The van der Waals surface area contributed by atoms with Crippen LogP contribution in [0, 0.1) is 17.7 Å². The maximum Gasteiger partial charge on any atom is 0.368 e. The zero-order chi connectivity index (χ0) is 22.2. The summed E-state index contributed by atoms with van der Waals surface area (Å²) in [5.74, 6) is -3.62. The number of fused-ring (bicyclic) bond motifs is 1. The van der Waals surface area contributed by atoms with E-state index in [9.17, 15) is 18.8 Å². The van der Waals surface area contributed by atoms with Crippen molar-refractivity contribution in [3.05, 3.63) is 66.0 Å². The number of para-hydroxylation sites is 1. The number of amides is 2. The van der Waals surface area contributed by atoms with E-state index in [-0.39, 0.29) is 6.61 Å². The first kappa shape index (κ1) is 21.2. The molecule has 4 atom stereocenters. The van der Waals surface area contributed by atoms with Crippen LogP contribution in [0.5, 0.6) is 0 Å². The van der Waals surface area contributed by atoms with Gasteiger partial charge in [0.25, 0.3) is 0 Å². The molecule has 2 aromatic rings. The molecule has 6 nitrogen and oxygen atoms in total. The molecular weight excluding hydrogens is 399 g/mol. The van der Waals surface area contributed by atoms with Gasteiger partial charge in [0.2, 0.25) is 17.4 Å². The molecular formula is C24H26FN2O4+. The smallest absolute Gasteiger partial charge is 0.368 e. The first-order valence-corrected chi connectivity index (χ1v) is 10.7. The van der Waals surface area contributed by atoms with E-state index in [4.69, 9.17) is 4.74 Å². The third-order valence-corrected chi connectivity index (χ3v) is 6.37. The Labute approximate surface area is 180 Å². The van der Waals surface area contributed by atoms with Crippen LogP contribution in [0.1, 0.15) is 38.3 Å². The third-order valence-electron chi connectivity index (χ3n) is 6.37. The Morgan fingerprint density at radius 1 is 1.06 bits per heavy atom. The molecule has 2 N–H and O–H groups in total. The highest BCUT2D eigenvalue weighted by Crippen LogP contribution is 2.47. The van der Waals surface area contributed by atoms with Crippen molar-refractivity contribution in [2.75, 3.05) is 11.5 Å². The number of nitrogens with zero attached hydrogens (tertiary/aromatic N) is 1. The fourth-order valence-corrected chi connectivity index (χ4v) is 5.20. The second-order valence-corrected chi connectivity index (χ2v) is 8.08. The number of rotatable bonds is 6. The van der Waals surface area contributed by atoms with Crippen molar-refractivity contribution in [2.24, 2.45) is 11.8 Å². The summed E-state index contributed by atoms with van der Waals surface area (Å²) in [5.41, 5.74) is -0.511. The Balaban J connectivity index is 1.88. The SMILES string of the molecule is CCC[C@@]1(C(=O)OCC)[NH2+][C@@H](c2ccccc2F)[C@H]2C(=O)N(c3ccccc3)C(=O)[C@@H]21. The molecule has 2 amide bonds. The molecule has 0 saturated carbocycles. The van der Waals surface area contributed by atoms with Crippen molar-refractivity contribution in [3.63, 3.8) is 0 Å². The third kappa shape index (κ3) is 3.24. The minimum atomic E-state index is -1.28. The van der Waals surface area contributed by atoms with Crippen molar-refractivity contribution in [3.8, 4) is 0 Å². The predicted octanol–water partition coefficient (Wildman–Crippen LogP) is 2.35. The van der Waals surface area contributed by atoms with Gasteiger partial charge in [0.05, 0.1) is 12.3 Å². The van der Waals surface area contributed by atoms with Crippen LogP contribution in [0.2, 0.25) is 0 Å². The quantitative estimate of drug-likeness (QED) is 0.569. The van der Waals surface area contributed by atoms with Gasteiger partial charge in [0.15, 0.2) is 0 Å². The van der Waals surface area contributed by atoms with Crippen LogP contribution in [-0.4, -0.2) is 29.9 Å². The fraction of sp³-hybridized carbons (Fsp3) is 0.375. The van der Waals surface area contributed by atoms with Crippen LogP contribution in [-0.2, 0) is 19.1 Å². The van der Waals surface area contributed by atoms with E-state index < -0.39 is 47.0 Å². The number of anilines is 1. The number of carbonyl (C=O) groups excluding carboxylic acids is 3. The van der Waals surface area contributed by atoms with E-state index in [0.29, 0.717) is 24.1 Å². The van der Waals surface area contributed by atoms with Gasteiger partial charge < -0.3 is 10.1 Å². The molecule has 0 aliphatic carbocycles. The summed E-state index contributed by atoms with van der Waals surface area (Å²) in [5, 5.41) is 1.71. The van der Waals surface area contributed by atoms with Crippen LogP contribution in [0.3, 0.4) is 0 Å². The van der Waals surface area contributed by atoms with E-state index in [2.05, 4.69) is 0 Å². The lowest BCUT2D eigenvalue weighted by Crippen LogP contribution is -2.98. The summed E-state index contributed by atoms with van der Waals surface area (Å²) >= 11 is 0. The number of hydrogen-bond donors (Lipinski definition) is 1. The number of carbonyl (C=O) groups is 3. The summed E-state index contributed by atoms with van der Waals surface area (Å²) in [7, 11) is 0. The van der Waals surface area contributed by atoms with Gasteiger partial charge in [-0.05, 0) is 31.5 Å². The summed E-state index contributed by atoms with van der Waals surface area (Å²) in [4.78, 5) is 41.6. The molecule has 4 rings (SSSR count). The van der Waals surface area contributed by atoms with Crippen LogP contribution >= 0.6 is 0 Å². The molecule has 31 heavy (non-hydrogen) atoms. The second-order valence-electron chi connectivity index (χ2n) is 8.08. The molecule has 2 fully saturated rings. The fourth-order valence-electron chi connectivity index (χ4n) is 5.20. The summed E-state index contributed by atoms with van der Waals surface area (Å²) in [6.45, 7) is 3.77. The molecule has 2 aliphatic rings. The lowest BCUT2D eigenvalue weighted by Gasteiger charge is -2.29. The Morgan fingerprint density at radius 2 is 1.74 bits per heavy atom. The number of halogens is 1. The van der Waals surface area contributed by atoms with E-state index in [1.54, 1.807) is 60.8 Å². The molecule has 2 heterocycles. The monoisotopic (exact) mass is 425 g/mol. The van der Waals surface area contributed by atoms with Gasteiger partial charge >= 0.3 is 5.97 Å². The zero-order valence-electron chi connectivity index (χ0n) is 17.6. The van der Waals surface area contributed by atoms with Gasteiger partial charge in [-0.3, -0.25) is 9.59 Å². The minimum absolute atomic E-state index is 0.157. The maximum atomic E-state index is 14.8. The molecule has 2 saturated heterocycles. The van der Waals surface area contributed by atoms with Crippen LogP contribution < -0.4 is 10.2 Å². The summed E-state index contributed by atoms with van der Waals surface area (Å²) in [6, 6.07) is 14.2. The Morgan fingerprint density at radius 3 is 2.39 bits per heavy atom. The average Bonchev–Trinajstić information content (AvgIpc) is 3.24. The van der Waals surface area contributed by atoms with E-state index in [1.165, 1.54) is 6.07 Å². The van der Waals surface area contributed by atoms with Gasteiger partial charge in [0, 0.05) is 12.0 Å². The number of hydrogen-bond acceptors (Lipinski definition) is 4. The van der Waals surface area contributed by atoms with E-state index in [1.807, 2.05) is 6.92 Å². The van der Waals surface area contributed by atoms with Gasteiger partial charge in [0.1, 0.15) is 23.7 Å². The van der Waals surface area contributed by atoms with Crippen LogP contribution in [0.15, 0.2) is 54.6 Å². The van der Waals surface area contributed by atoms with Gasteiger partial charge in [-0.25, -0.2) is 14.1 Å². The standard InChI is InChI=1S/C24H25FN2O4/c1-3-14-24(23(30)31-4-2)19-18(20(26-24)16-12-8-9-13-17(16)25)21(28)27(22(19)29)15-10-6-5-7-11-15/h5-13,18-20,26H,3-4,14H2,1-2H3/p+1/t18-,19+,20-,24+/m0/s1. The number of benzene rings is 2. The Kier molecular flexibility index (Phi) is 5.62. The van der Waals surface area contributed by atoms with E-state index in [0.717, 1.165) is 4.90 Å².